The van der Waals surface area contributed by atoms with Crippen LogP contribution in [0.1, 0.15) is 37.3 Å². The lowest BCUT2D eigenvalue weighted by Gasteiger charge is -2.30. The van der Waals surface area contributed by atoms with Crippen LogP contribution in [0.5, 0.6) is 5.75 Å². The van der Waals surface area contributed by atoms with Gasteiger partial charge >= 0.3 is 0 Å². The predicted octanol–water partition coefficient (Wildman–Crippen LogP) is 6.91. The maximum Gasteiger partial charge on any atom is 0.238 e. The van der Waals surface area contributed by atoms with Gasteiger partial charge < -0.3 is 9.84 Å². The van der Waals surface area contributed by atoms with Gasteiger partial charge in [-0.2, -0.15) is 0 Å². The minimum Gasteiger partial charge on any atom is -0.508 e. The number of amides is 2. The average Bonchev–Trinajstić information content (AvgIpc) is 3.47. The molecule has 2 fully saturated rings. The number of anilines is 1. The number of allylic oxidation sites excluding steroid dienone is 2. The Kier molecular flexibility index (Phi) is 6.88. The third-order valence-electron chi connectivity index (χ3n) is 8.30. The van der Waals surface area contributed by atoms with Gasteiger partial charge in [-0.1, -0.05) is 65.7 Å². The largest absolute Gasteiger partial charge is 0.508 e. The number of para-hydroxylation sites is 1. The monoisotopic (exact) mass is 539 g/mol. The topological polar surface area (TPSA) is 66.8 Å². The number of rotatable bonds is 6. The molecule has 0 spiro atoms. The van der Waals surface area contributed by atoms with E-state index < -0.39 is 0 Å². The fraction of sp³-hybridized carbons (Fsp3) is 0.273. The second-order valence-corrected chi connectivity index (χ2v) is 11.0. The van der Waals surface area contributed by atoms with Crippen molar-refractivity contribution in [2.75, 3.05) is 11.5 Å². The number of benzene rings is 3. The van der Waals surface area contributed by atoms with Crippen LogP contribution in [-0.4, -0.2) is 29.6 Å². The Morgan fingerprint density at radius 1 is 1.00 bits per heavy atom. The number of phenolic OH excluding ortho intramolecular Hbond substituents is 1. The number of ether oxygens (including phenoxy) is 1. The van der Waals surface area contributed by atoms with Crippen molar-refractivity contribution < 1.29 is 19.4 Å². The molecule has 5 nitrogen and oxygen atoms in total. The van der Waals surface area contributed by atoms with Crippen molar-refractivity contribution in [3.05, 3.63) is 106 Å². The van der Waals surface area contributed by atoms with E-state index in [2.05, 4.69) is 25.1 Å². The predicted molar refractivity (Wildman–Crippen MR) is 153 cm³/mol. The van der Waals surface area contributed by atoms with Crippen molar-refractivity contribution in [1.29, 1.82) is 0 Å². The molecule has 2 heterocycles. The molecule has 1 N–H and O–H groups in total. The van der Waals surface area contributed by atoms with Crippen LogP contribution >= 0.6 is 11.6 Å². The zero-order chi connectivity index (χ0) is 27.1. The molecule has 0 unspecified atom stereocenters. The van der Waals surface area contributed by atoms with Gasteiger partial charge in [0, 0.05) is 5.92 Å². The van der Waals surface area contributed by atoms with Gasteiger partial charge in [0.25, 0.3) is 0 Å². The van der Waals surface area contributed by atoms with Crippen LogP contribution < -0.4 is 4.90 Å². The summed E-state index contributed by atoms with van der Waals surface area (Å²) in [5.74, 6) is -0.853. The Hall–Kier alpha value is -3.67. The number of halogens is 1. The zero-order valence-corrected chi connectivity index (χ0v) is 22.5. The van der Waals surface area contributed by atoms with Crippen molar-refractivity contribution >= 4 is 40.8 Å². The normalized spacial score (nSPS) is 24.8. The number of aromatic hydroxyl groups is 1. The molecule has 2 aliphatic heterocycles. The van der Waals surface area contributed by atoms with Crippen LogP contribution in [0.4, 0.5) is 5.69 Å². The van der Waals surface area contributed by atoms with Crippen molar-refractivity contribution in [2.45, 2.75) is 32.3 Å². The summed E-state index contributed by atoms with van der Waals surface area (Å²) >= 11 is 6.43. The molecular weight excluding hydrogens is 510 g/mol. The fourth-order valence-electron chi connectivity index (χ4n) is 6.52. The summed E-state index contributed by atoms with van der Waals surface area (Å²) in [5, 5.41) is 10.3. The third-order valence-corrected chi connectivity index (χ3v) is 8.63. The van der Waals surface area contributed by atoms with E-state index in [9.17, 15) is 14.7 Å². The number of carbonyl (C=O) groups is 2. The van der Waals surface area contributed by atoms with E-state index in [0.29, 0.717) is 23.7 Å². The minimum atomic E-state index is -0.374. The molecule has 4 atom stereocenters. The molecule has 198 valence electrons. The minimum absolute atomic E-state index is 0.0744. The van der Waals surface area contributed by atoms with Gasteiger partial charge in [0.15, 0.2) is 0 Å². The number of carbonyl (C=O) groups excluding carboxylic acids is 2. The maximum absolute atomic E-state index is 13.6. The van der Waals surface area contributed by atoms with E-state index in [-0.39, 0.29) is 41.4 Å². The molecule has 0 aromatic heterocycles. The average molecular weight is 540 g/mol. The highest BCUT2D eigenvalue weighted by molar-refractivity contribution is 6.32. The highest BCUT2D eigenvalue weighted by Gasteiger charge is 2.56. The molecule has 0 radical (unpaired) electrons. The van der Waals surface area contributed by atoms with E-state index in [4.69, 9.17) is 16.3 Å². The van der Waals surface area contributed by atoms with Gasteiger partial charge in [0.2, 0.25) is 11.8 Å². The first-order valence-corrected chi connectivity index (χ1v) is 13.8. The second-order valence-electron chi connectivity index (χ2n) is 10.6. The summed E-state index contributed by atoms with van der Waals surface area (Å²) in [7, 11) is 0. The van der Waals surface area contributed by atoms with Gasteiger partial charge in [0.1, 0.15) is 5.75 Å². The molecule has 6 heteroatoms. The molecule has 3 aromatic carbocycles. The van der Waals surface area contributed by atoms with E-state index in [0.717, 1.165) is 29.5 Å². The standard InChI is InChI=1S/C33H30ClNO4/c1-20-16-26-31(33(38)35(32(26)37)24-10-6-3-7-11-24)27-19-39-29(30(20)27)15-13-22(21-8-4-2-5-9-21)17-23-12-14-25(36)18-28(23)34/h2-12,14,17-18,26-27,29,31,36H,13,15-16,19H2,1H3/b22-17-/t26-,27+,29-,31-/m1/s1. The lowest BCUT2D eigenvalue weighted by Crippen LogP contribution is -2.34. The summed E-state index contributed by atoms with van der Waals surface area (Å²) in [4.78, 5) is 28.4. The van der Waals surface area contributed by atoms with E-state index in [1.54, 1.807) is 12.1 Å². The van der Waals surface area contributed by atoms with Gasteiger partial charge in [-0.3, -0.25) is 14.5 Å². The summed E-state index contributed by atoms with van der Waals surface area (Å²) in [5.41, 5.74) is 6.06. The van der Waals surface area contributed by atoms with Crippen LogP contribution in [0.25, 0.3) is 11.6 Å². The van der Waals surface area contributed by atoms with Crippen LogP contribution in [0.15, 0.2) is 90.0 Å². The molecule has 3 aromatic rings. The molecule has 1 aliphatic carbocycles. The van der Waals surface area contributed by atoms with E-state index in [1.807, 2.05) is 54.6 Å². The van der Waals surface area contributed by atoms with E-state index in [1.165, 1.54) is 16.0 Å². The molecule has 0 saturated carbocycles. The first-order valence-electron chi connectivity index (χ1n) is 13.4. The quantitative estimate of drug-likeness (QED) is 0.210. The molecule has 2 amide bonds. The second kappa shape index (κ2) is 10.5. The molecule has 2 saturated heterocycles. The Labute approximate surface area is 233 Å². The molecule has 6 rings (SSSR count). The summed E-state index contributed by atoms with van der Waals surface area (Å²) in [6, 6.07) is 24.4. The van der Waals surface area contributed by atoms with Crippen LogP contribution in [0.2, 0.25) is 5.02 Å². The summed E-state index contributed by atoms with van der Waals surface area (Å²) in [6.45, 7) is 2.54. The number of hydrogen-bond donors (Lipinski definition) is 1. The lowest BCUT2D eigenvalue weighted by atomic mass is 9.70. The van der Waals surface area contributed by atoms with Gasteiger partial charge in [-0.25, -0.2) is 0 Å². The van der Waals surface area contributed by atoms with Crippen LogP contribution in [0.3, 0.4) is 0 Å². The van der Waals surface area contributed by atoms with Gasteiger partial charge in [0.05, 0.1) is 35.3 Å². The Balaban J connectivity index is 1.25. The maximum atomic E-state index is 13.6. The smallest absolute Gasteiger partial charge is 0.238 e. The van der Waals surface area contributed by atoms with Crippen molar-refractivity contribution in [2.24, 2.45) is 17.8 Å². The Morgan fingerprint density at radius 2 is 1.72 bits per heavy atom. The molecule has 3 aliphatic rings. The number of imide groups is 1. The Morgan fingerprint density at radius 3 is 2.44 bits per heavy atom. The van der Waals surface area contributed by atoms with E-state index >= 15 is 0 Å². The van der Waals surface area contributed by atoms with Crippen molar-refractivity contribution in [3.63, 3.8) is 0 Å². The number of fused-ring (bicyclic) bond motifs is 3. The molecule has 39 heavy (non-hydrogen) atoms. The van der Waals surface area contributed by atoms with Gasteiger partial charge in [-0.05, 0) is 84.9 Å². The SMILES string of the molecule is CC1=C2[C@@H](CC/C(=C/c3ccc(O)cc3Cl)c3ccccc3)OC[C@@H]2[C@@H]2C(=O)N(c3ccccc3)C(=O)[C@@H]2C1. The third kappa shape index (κ3) is 4.70. The van der Waals surface area contributed by atoms with Crippen molar-refractivity contribution in [3.8, 4) is 5.75 Å². The first kappa shape index (κ1) is 25.6. The first-order chi connectivity index (χ1) is 18.9. The number of phenols is 1. The van der Waals surface area contributed by atoms with Crippen LogP contribution in [-0.2, 0) is 14.3 Å². The summed E-state index contributed by atoms with van der Waals surface area (Å²) in [6.07, 6.45) is 4.05. The Bertz CT molecular complexity index is 1480. The molecular formula is C33H30ClNO4. The lowest BCUT2D eigenvalue weighted by molar-refractivity contribution is -0.122. The van der Waals surface area contributed by atoms with Gasteiger partial charge in [-0.15, -0.1) is 0 Å². The zero-order valence-electron chi connectivity index (χ0n) is 21.7. The van der Waals surface area contributed by atoms with Crippen LogP contribution in [0, 0.1) is 17.8 Å². The number of nitrogens with zero attached hydrogens (tertiary/aromatic N) is 1. The summed E-state index contributed by atoms with van der Waals surface area (Å²) < 4.78 is 6.35. The van der Waals surface area contributed by atoms with Crippen molar-refractivity contribution in [1.82, 2.24) is 0 Å². The number of hydrogen-bond acceptors (Lipinski definition) is 4. The highest BCUT2D eigenvalue weighted by atomic mass is 35.5. The highest BCUT2D eigenvalue weighted by Crippen LogP contribution is 2.50. The fourth-order valence-corrected chi connectivity index (χ4v) is 6.75. The molecule has 0 bridgehead atoms.